The lowest BCUT2D eigenvalue weighted by molar-refractivity contribution is 0.0785. The maximum absolute atomic E-state index is 13.4. The van der Waals surface area contributed by atoms with Crippen molar-refractivity contribution >= 4 is 5.78 Å². The lowest BCUT2D eigenvalue weighted by Crippen LogP contribution is -2.43. The van der Waals surface area contributed by atoms with Crippen molar-refractivity contribution in [2.45, 2.75) is 31.7 Å². The van der Waals surface area contributed by atoms with Gasteiger partial charge < -0.3 is 9.84 Å². The third-order valence-corrected chi connectivity index (χ3v) is 4.00. The summed E-state index contributed by atoms with van der Waals surface area (Å²) in [5.74, 6) is -0.182. The maximum atomic E-state index is 13.4. The molecule has 5 heteroatoms. The molecule has 0 spiro atoms. The van der Waals surface area contributed by atoms with Gasteiger partial charge in [0.15, 0.2) is 5.78 Å². The van der Waals surface area contributed by atoms with Crippen LogP contribution in [-0.4, -0.2) is 48.6 Å². The second-order valence-electron chi connectivity index (χ2n) is 5.40. The molecule has 0 aromatic heterocycles. The van der Waals surface area contributed by atoms with Gasteiger partial charge in [0.2, 0.25) is 0 Å². The fourth-order valence-electron chi connectivity index (χ4n) is 2.58. The Hall–Kier alpha value is -1.46. The van der Waals surface area contributed by atoms with E-state index in [1.54, 1.807) is 0 Å². The molecule has 0 unspecified atom stereocenters. The number of aliphatic hydroxyl groups is 1. The summed E-state index contributed by atoms with van der Waals surface area (Å²) in [4.78, 5) is 14.5. The molecule has 1 aliphatic carbocycles. The minimum absolute atomic E-state index is 0.112. The monoisotopic (exact) mass is 295 g/mol. The van der Waals surface area contributed by atoms with E-state index < -0.39 is 5.82 Å². The van der Waals surface area contributed by atoms with Crippen molar-refractivity contribution in [2.75, 3.05) is 26.8 Å². The van der Waals surface area contributed by atoms with Crippen molar-refractivity contribution in [1.29, 1.82) is 0 Å². The predicted octanol–water partition coefficient (Wildman–Crippen LogP) is 2.25. The highest BCUT2D eigenvalue weighted by Crippen LogP contribution is 2.26. The van der Waals surface area contributed by atoms with Gasteiger partial charge in [0, 0.05) is 19.2 Å². The number of hydrogen-bond donors (Lipinski definition) is 1. The quantitative estimate of drug-likeness (QED) is 0.747. The fraction of sp³-hybridized carbons (Fsp3) is 0.562. The van der Waals surface area contributed by atoms with Crippen LogP contribution in [0.3, 0.4) is 0 Å². The molecule has 0 radical (unpaired) electrons. The molecule has 1 aromatic rings. The van der Waals surface area contributed by atoms with Crippen LogP contribution < -0.4 is 4.74 Å². The summed E-state index contributed by atoms with van der Waals surface area (Å²) in [6.45, 7) is 1.04. The molecule has 1 fully saturated rings. The number of nitrogens with zero attached hydrogens (tertiary/aromatic N) is 1. The van der Waals surface area contributed by atoms with Gasteiger partial charge in [-0.2, -0.15) is 0 Å². The molecule has 21 heavy (non-hydrogen) atoms. The zero-order chi connectivity index (χ0) is 15.2. The molecular formula is C16H22FNO3. The van der Waals surface area contributed by atoms with E-state index in [4.69, 9.17) is 9.84 Å². The molecule has 116 valence electrons. The molecule has 0 bridgehead atoms. The number of ether oxygens (including phenoxy) is 1. The van der Waals surface area contributed by atoms with E-state index in [2.05, 4.69) is 4.90 Å². The average molecular weight is 295 g/mol. The first kappa shape index (κ1) is 15.9. The van der Waals surface area contributed by atoms with Crippen LogP contribution in [0.25, 0.3) is 0 Å². The number of halogens is 1. The largest absolute Gasteiger partial charge is 0.496 e. The van der Waals surface area contributed by atoms with E-state index in [0.717, 1.165) is 12.8 Å². The molecule has 1 saturated carbocycles. The first-order chi connectivity index (χ1) is 10.2. The van der Waals surface area contributed by atoms with Gasteiger partial charge in [0.25, 0.3) is 0 Å². The molecule has 0 atom stereocenters. The van der Waals surface area contributed by atoms with E-state index in [-0.39, 0.29) is 24.5 Å². The maximum Gasteiger partial charge on any atom is 0.180 e. The van der Waals surface area contributed by atoms with Crippen LogP contribution in [0, 0.1) is 5.82 Å². The minimum Gasteiger partial charge on any atom is -0.496 e. The molecule has 0 aliphatic heterocycles. The van der Waals surface area contributed by atoms with Crippen molar-refractivity contribution < 1.29 is 19.0 Å². The van der Waals surface area contributed by atoms with Gasteiger partial charge in [-0.05, 0) is 37.5 Å². The number of ketones is 1. The Morgan fingerprint density at radius 1 is 1.48 bits per heavy atom. The van der Waals surface area contributed by atoms with E-state index in [0.29, 0.717) is 24.8 Å². The van der Waals surface area contributed by atoms with Gasteiger partial charge in [0.1, 0.15) is 11.6 Å². The van der Waals surface area contributed by atoms with Gasteiger partial charge in [0.05, 0.1) is 19.2 Å². The lowest BCUT2D eigenvalue weighted by atomic mass is 9.91. The van der Waals surface area contributed by atoms with Gasteiger partial charge in [-0.3, -0.25) is 9.69 Å². The summed E-state index contributed by atoms with van der Waals surface area (Å²) in [6.07, 6.45) is 3.99. The second kappa shape index (κ2) is 7.52. The zero-order valence-corrected chi connectivity index (χ0v) is 12.3. The number of methoxy groups -OCH3 is 1. The van der Waals surface area contributed by atoms with E-state index in [1.165, 1.54) is 31.7 Å². The predicted molar refractivity (Wildman–Crippen MR) is 78.2 cm³/mol. The summed E-state index contributed by atoms with van der Waals surface area (Å²) in [5, 5.41) is 8.98. The normalized spacial score (nSPS) is 15.0. The molecule has 1 aromatic carbocycles. The Morgan fingerprint density at radius 3 is 2.81 bits per heavy atom. The lowest BCUT2D eigenvalue weighted by Gasteiger charge is -2.37. The van der Waals surface area contributed by atoms with Gasteiger partial charge in [-0.25, -0.2) is 4.39 Å². The van der Waals surface area contributed by atoms with Gasteiger partial charge >= 0.3 is 0 Å². The number of carbonyl (C=O) groups is 1. The van der Waals surface area contributed by atoms with Crippen LogP contribution in [0.15, 0.2) is 18.2 Å². The Balaban J connectivity index is 2.08. The summed E-state index contributed by atoms with van der Waals surface area (Å²) in [7, 11) is 1.47. The summed E-state index contributed by atoms with van der Waals surface area (Å²) in [6, 6.07) is 4.39. The SMILES string of the molecule is COc1ccc(F)cc1C(=O)CN(CCCO)C1CCC1. The highest BCUT2D eigenvalue weighted by molar-refractivity contribution is 6.00. The van der Waals surface area contributed by atoms with Crippen molar-refractivity contribution in [1.82, 2.24) is 4.90 Å². The Kier molecular flexibility index (Phi) is 5.70. The topological polar surface area (TPSA) is 49.8 Å². The number of carbonyl (C=O) groups excluding carboxylic acids is 1. The number of hydrogen-bond acceptors (Lipinski definition) is 4. The molecule has 0 amide bonds. The highest BCUT2D eigenvalue weighted by Gasteiger charge is 2.27. The summed E-state index contributed by atoms with van der Waals surface area (Å²) in [5.41, 5.74) is 0.283. The van der Waals surface area contributed by atoms with Crippen LogP contribution in [0.5, 0.6) is 5.75 Å². The molecule has 0 heterocycles. The summed E-state index contributed by atoms with van der Waals surface area (Å²) >= 11 is 0. The van der Waals surface area contributed by atoms with Gasteiger partial charge in [-0.1, -0.05) is 6.42 Å². The van der Waals surface area contributed by atoms with E-state index >= 15 is 0 Å². The third-order valence-electron chi connectivity index (χ3n) is 4.00. The Bertz CT molecular complexity index is 488. The average Bonchev–Trinajstić information content (AvgIpc) is 2.42. The first-order valence-electron chi connectivity index (χ1n) is 7.37. The van der Waals surface area contributed by atoms with Crippen LogP contribution in [-0.2, 0) is 0 Å². The number of rotatable bonds is 8. The van der Waals surface area contributed by atoms with Crippen LogP contribution >= 0.6 is 0 Å². The molecule has 4 nitrogen and oxygen atoms in total. The van der Waals surface area contributed by atoms with Crippen LogP contribution in [0.1, 0.15) is 36.0 Å². The van der Waals surface area contributed by atoms with E-state index in [1.807, 2.05) is 0 Å². The number of Topliss-reactive ketones (excluding diaryl/α,β-unsaturated/α-hetero) is 1. The molecule has 1 N–H and O–H groups in total. The van der Waals surface area contributed by atoms with Crippen LogP contribution in [0.4, 0.5) is 4.39 Å². The molecule has 2 rings (SSSR count). The zero-order valence-electron chi connectivity index (χ0n) is 12.3. The third kappa shape index (κ3) is 4.02. The van der Waals surface area contributed by atoms with Crippen molar-refractivity contribution in [3.63, 3.8) is 0 Å². The van der Waals surface area contributed by atoms with Gasteiger partial charge in [-0.15, -0.1) is 0 Å². The highest BCUT2D eigenvalue weighted by atomic mass is 19.1. The van der Waals surface area contributed by atoms with E-state index in [9.17, 15) is 9.18 Å². The first-order valence-corrected chi connectivity index (χ1v) is 7.37. The van der Waals surface area contributed by atoms with Crippen molar-refractivity contribution in [3.8, 4) is 5.75 Å². The summed E-state index contributed by atoms with van der Waals surface area (Å²) < 4.78 is 18.5. The Labute approximate surface area is 124 Å². The fourth-order valence-corrected chi connectivity index (χ4v) is 2.58. The van der Waals surface area contributed by atoms with Crippen molar-refractivity contribution in [2.24, 2.45) is 0 Å². The number of aliphatic hydroxyl groups excluding tert-OH is 1. The minimum atomic E-state index is -0.440. The number of benzene rings is 1. The van der Waals surface area contributed by atoms with Crippen LogP contribution in [0.2, 0.25) is 0 Å². The van der Waals surface area contributed by atoms with Crippen molar-refractivity contribution in [3.05, 3.63) is 29.6 Å². The Morgan fingerprint density at radius 2 is 2.24 bits per heavy atom. The molecule has 0 saturated heterocycles. The molecular weight excluding hydrogens is 273 g/mol. The standard InChI is InChI=1S/C16H22FNO3/c1-21-16-7-6-12(17)10-14(16)15(20)11-18(8-3-9-19)13-4-2-5-13/h6-7,10,13,19H,2-5,8-9,11H2,1H3. The smallest absolute Gasteiger partial charge is 0.180 e. The second-order valence-corrected chi connectivity index (χ2v) is 5.40. The molecule has 1 aliphatic rings.